The largest absolute Gasteiger partial charge is 0.444 e. The van der Waals surface area contributed by atoms with Crippen molar-refractivity contribution in [2.24, 2.45) is 11.8 Å². The second-order valence-corrected chi connectivity index (χ2v) is 6.15. The van der Waals surface area contributed by atoms with E-state index >= 15 is 0 Å². The average molecular weight is 255 g/mol. The molecular formula is C14H25NO3. The summed E-state index contributed by atoms with van der Waals surface area (Å²) < 4.78 is 5.37. The van der Waals surface area contributed by atoms with Crippen molar-refractivity contribution < 1.29 is 14.3 Å². The van der Waals surface area contributed by atoms with E-state index in [0.717, 1.165) is 32.1 Å². The van der Waals surface area contributed by atoms with Crippen molar-refractivity contribution in [3.05, 3.63) is 0 Å². The highest BCUT2D eigenvalue weighted by Gasteiger charge is 2.26. The van der Waals surface area contributed by atoms with Crippen molar-refractivity contribution in [1.82, 2.24) is 4.90 Å². The van der Waals surface area contributed by atoms with E-state index in [1.165, 1.54) is 0 Å². The van der Waals surface area contributed by atoms with Gasteiger partial charge >= 0.3 is 6.09 Å². The monoisotopic (exact) mass is 255 g/mol. The molecule has 2 unspecified atom stereocenters. The van der Waals surface area contributed by atoms with Crippen LogP contribution in [0, 0.1) is 11.8 Å². The third-order valence-electron chi connectivity index (χ3n) is 3.38. The maximum Gasteiger partial charge on any atom is 0.410 e. The van der Waals surface area contributed by atoms with Crippen LogP contribution < -0.4 is 0 Å². The second-order valence-electron chi connectivity index (χ2n) is 6.15. The third-order valence-corrected chi connectivity index (χ3v) is 3.38. The van der Waals surface area contributed by atoms with Crippen LogP contribution in [-0.2, 0) is 9.53 Å². The van der Waals surface area contributed by atoms with Crippen LogP contribution in [0.1, 0.15) is 47.0 Å². The molecule has 4 heteroatoms. The molecule has 0 aromatic heterocycles. The third kappa shape index (κ3) is 4.67. The zero-order chi connectivity index (χ0) is 13.8. The molecule has 1 fully saturated rings. The number of likely N-dealkylation sites (tertiary alicyclic amines) is 1. The van der Waals surface area contributed by atoms with Crippen LogP contribution in [-0.4, -0.2) is 36.0 Å². The van der Waals surface area contributed by atoms with Crippen LogP contribution in [0.15, 0.2) is 0 Å². The molecule has 0 radical (unpaired) electrons. The summed E-state index contributed by atoms with van der Waals surface area (Å²) >= 11 is 0. The molecule has 0 saturated carbocycles. The number of aldehydes is 1. The Labute approximate surface area is 110 Å². The second kappa shape index (κ2) is 6.21. The van der Waals surface area contributed by atoms with Crippen molar-refractivity contribution >= 4 is 12.4 Å². The Morgan fingerprint density at radius 1 is 1.33 bits per heavy atom. The number of hydrogen-bond acceptors (Lipinski definition) is 3. The van der Waals surface area contributed by atoms with Crippen LogP contribution in [0.3, 0.4) is 0 Å². The topological polar surface area (TPSA) is 46.6 Å². The maximum absolute atomic E-state index is 11.9. The standard InChI is InChI=1S/C14H25NO3/c1-11(10-16)12-6-5-8-15(9-7-12)13(17)18-14(2,3)4/h10-12H,5-9H2,1-4H3. The van der Waals surface area contributed by atoms with Gasteiger partial charge in [0, 0.05) is 19.0 Å². The number of amides is 1. The van der Waals surface area contributed by atoms with E-state index in [4.69, 9.17) is 4.74 Å². The van der Waals surface area contributed by atoms with Gasteiger partial charge in [0.05, 0.1) is 0 Å². The molecule has 0 aromatic rings. The molecule has 1 saturated heterocycles. The molecule has 18 heavy (non-hydrogen) atoms. The fourth-order valence-electron chi connectivity index (χ4n) is 2.27. The van der Waals surface area contributed by atoms with Crippen molar-refractivity contribution in [3.63, 3.8) is 0 Å². The van der Waals surface area contributed by atoms with Gasteiger partial charge in [-0.15, -0.1) is 0 Å². The summed E-state index contributed by atoms with van der Waals surface area (Å²) in [5.41, 5.74) is -0.446. The molecule has 104 valence electrons. The summed E-state index contributed by atoms with van der Waals surface area (Å²) in [6, 6.07) is 0. The van der Waals surface area contributed by atoms with E-state index in [-0.39, 0.29) is 12.0 Å². The zero-order valence-electron chi connectivity index (χ0n) is 11.9. The molecule has 0 N–H and O–H groups in total. The van der Waals surface area contributed by atoms with Crippen LogP contribution in [0.25, 0.3) is 0 Å². The van der Waals surface area contributed by atoms with E-state index < -0.39 is 5.60 Å². The number of rotatable bonds is 2. The first kappa shape index (κ1) is 15.0. The van der Waals surface area contributed by atoms with E-state index in [1.807, 2.05) is 27.7 Å². The van der Waals surface area contributed by atoms with Gasteiger partial charge in [-0.3, -0.25) is 0 Å². The summed E-state index contributed by atoms with van der Waals surface area (Å²) in [6.45, 7) is 9.01. The predicted octanol–water partition coefficient (Wildman–Crippen LogP) is 2.86. The van der Waals surface area contributed by atoms with Gasteiger partial charge in [-0.25, -0.2) is 4.79 Å². The van der Waals surface area contributed by atoms with Gasteiger partial charge in [0.15, 0.2) is 0 Å². The quantitative estimate of drug-likeness (QED) is 0.713. The molecule has 1 aliphatic heterocycles. The lowest BCUT2D eigenvalue weighted by atomic mass is 9.89. The van der Waals surface area contributed by atoms with Gasteiger partial charge in [0.1, 0.15) is 11.9 Å². The molecule has 1 heterocycles. The fourth-order valence-corrected chi connectivity index (χ4v) is 2.27. The number of carbonyl (C=O) groups excluding carboxylic acids is 2. The highest BCUT2D eigenvalue weighted by molar-refractivity contribution is 5.68. The summed E-state index contributed by atoms with van der Waals surface area (Å²) in [5, 5.41) is 0. The smallest absolute Gasteiger partial charge is 0.410 e. The predicted molar refractivity (Wildman–Crippen MR) is 70.4 cm³/mol. The minimum atomic E-state index is -0.446. The van der Waals surface area contributed by atoms with Crippen LogP contribution in [0.4, 0.5) is 4.79 Å². The highest BCUT2D eigenvalue weighted by atomic mass is 16.6. The van der Waals surface area contributed by atoms with Crippen LogP contribution >= 0.6 is 0 Å². The van der Waals surface area contributed by atoms with E-state index in [2.05, 4.69) is 0 Å². The minimum Gasteiger partial charge on any atom is -0.444 e. The Morgan fingerprint density at radius 2 is 2.00 bits per heavy atom. The van der Waals surface area contributed by atoms with E-state index in [1.54, 1.807) is 4.90 Å². The van der Waals surface area contributed by atoms with E-state index in [0.29, 0.717) is 12.5 Å². The maximum atomic E-state index is 11.9. The molecule has 2 atom stereocenters. The molecular weight excluding hydrogens is 230 g/mol. The van der Waals surface area contributed by atoms with Crippen LogP contribution in [0.2, 0.25) is 0 Å². The first-order valence-corrected chi connectivity index (χ1v) is 6.76. The molecule has 0 bridgehead atoms. The van der Waals surface area contributed by atoms with Gasteiger partial charge in [0.2, 0.25) is 0 Å². The lowest BCUT2D eigenvalue weighted by molar-refractivity contribution is -0.112. The minimum absolute atomic E-state index is 0.0867. The summed E-state index contributed by atoms with van der Waals surface area (Å²) in [5.74, 6) is 0.485. The number of nitrogens with zero attached hydrogens (tertiary/aromatic N) is 1. The molecule has 4 nitrogen and oxygen atoms in total. The summed E-state index contributed by atoms with van der Waals surface area (Å²) in [6.07, 6.45) is 3.63. The van der Waals surface area contributed by atoms with Crippen molar-refractivity contribution in [3.8, 4) is 0 Å². The van der Waals surface area contributed by atoms with Gasteiger partial charge in [-0.05, 0) is 46.0 Å². The normalized spacial score (nSPS) is 23.1. The first-order chi connectivity index (χ1) is 8.33. The Kier molecular flexibility index (Phi) is 5.17. The highest BCUT2D eigenvalue weighted by Crippen LogP contribution is 2.24. The Bertz CT molecular complexity index is 296. The number of ether oxygens (including phenoxy) is 1. The number of carbonyl (C=O) groups is 2. The lowest BCUT2D eigenvalue weighted by Crippen LogP contribution is -2.37. The molecule has 0 aliphatic carbocycles. The molecule has 0 spiro atoms. The van der Waals surface area contributed by atoms with E-state index in [9.17, 15) is 9.59 Å². The lowest BCUT2D eigenvalue weighted by Gasteiger charge is -2.26. The summed E-state index contributed by atoms with van der Waals surface area (Å²) in [7, 11) is 0. The van der Waals surface area contributed by atoms with Crippen molar-refractivity contribution in [2.45, 2.75) is 52.6 Å². The van der Waals surface area contributed by atoms with Crippen LogP contribution in [0.5, 0.6) is 0 Å². The summed E-state index contributed by atoms with van der Waals surface area (Å²) in [4.78, 5) is 24.5. The zero-order valence-corrected chi connectivity index (χ0v) is 11.9. The molecule has 0 aromatic carbocycles. The van der Waals surface area contributed by atoms with Gasteiger partial charge in [-0.2, -0.15) is 0 Å². The van der Waals surface area contributed by atoms with Gasteiger partial charge in [-0.1, -0.05) is 6.92 Å². The Morgan fingerprint density at radius 3 is 2.56 bits per heavy atom. The van der Waals surface area contributed by atoms with Gasteiger partial charge in [0.25, 0.3) is 0 Å². The average Bonchev–Trinajstić information content (AvgIpc) is 2.51. The van der Waals surface area contributed by atoms with Gasteiger partial charge < -0.3 is 14.4 Å². The molecule has 1 amide bonds. The Balaban J connectivity index is 2.51. The number of hydrogen-bond donors (Lipinski definition) is 0. The van der Waals surface area contributed by atoms with Crippen molar-refractivity contribution in [1.29, 1.82) is 0 Å². The molecule has 1 rings (SSSR count). The van der Waals surface area contributed by atoms with Crippen molar-refractivity contribution in [2.75, 3.05) is 13.1 Å². The fraction of sp³-hybridized carbons (Fsp3) is 0.857. The Hall–Kier alpha value is -1.06. The first-order valence-electron chi connectivity index (χ1n) is 6.76. The molecule has 1 aliphatic rings. The SMILES string of the molecule is CC(C=O)C1CCCN(C(=O)OC(C)(C)C)CC1.